The summed E-state index contributed by atoms with van der Waals surface area (Å²) in [6.45, 7) is 1.62. The minimum absolute atomic E-state index is 0.168. The first kappa shape index (κ1) is 15.6. The minimum Gasteiger partial charge on any atom is -0.481 e. The number of halogens is 2. The van der Waals surface area contributed by atoms with Gasteiger partial charge in [-0.25, -0.2) is 9.18 Å². The van der Waals surface area contributed by atoms with Gasteiger partial charge in [0.05, 0.1) is 5.41 Å². The largest absolute Gasteiger partial charge is 0.481 e. The van der Waals surface area contributed by atoms with E-state index >= 15 is 0 Å². The fraction of sp³-hybridized carbons (Fsp3) is 0.429. The molecule has 0 saturated heterocycles. The van der Waals surface area contributed by atoms with E-state index in [2.05, 4.69) is 10.6 Å². The van der Waals surface area contributed by atoms with Crippen LogP contribution in [0.1, 0.15) is 26.2 Å². The lowest BCUT2D eigenvalue weighted by molar-refractivity contribution is -0.148. The van der Waals surface area contributed by atoms with Crippen molar-refractivity contribution in [3.63, 3.8) is 0 Å². The Morgan fingerprint density at radius 2 is 2.14 bits per heavy atom. The Bertz CT molecular complexity index is 561. The lowest BCUT2D eigenvalue weighted by Crippen LogP contribution is -2.48. The van der Waals surface area contributed by atoms with Crippen LogP contribution < -0.4 is 10.6 Å². The van der Waals surface area contributed by atoms with Gasteiger partial charge in [0.1, 0.15) is 5.82 Å². The molecule has 21 heavy (non-hydrogen) atoms. The third-order valence-electron chi connectivity index (χ3n) is 3.87. The number of nitrogens with one attached hydrogen (secondary N) is 2. The van der Waals surface area contributed by atoms with Crippen LogP contribution in [0.2, 0.25) is 5.02 Å². The molecule has 0 aromatic heterocycles. The summed E-state index contributed by atoms with van der Waals surface area (Å²) in [6, 6.07) is 2.64. The Labute approximate surface area is 126 Å². The highest BCUT2D eigenvalue weighted by Gasteiger charge is 2.45. The summed E-state index contributed by atoms with van der Waals surface area (Å²) in [5.41, 5.74) is -0.760. The second-order valence-corrected chi connectivity index (χ2v) is 5.86. The van der Waals surface area contributed by atoms with E-state index in [1.54, 1.807) is 6.92 Å². The monoisotopic (exact) mass is 314 g/mol. The van der Waals surface area contributed by atoms with E-state index in [4.69, 9.17) is 11.6 Å². The molecule has 1 aliphatic rings. The smallest absolute Gasteiger partial charge is 0.319 e. The highest BCUT2D eigenvalue weighted by Crippen LogP contribution is 2.38. The van der Waals surface area contributed by atoms with Gasteiger partial charge in [0.25, 0.3) is 0 Å². The van der Waals surface area contributed by atoms with E-state index < -0.39 is 29.3 Å². The molecule has 7 heteroatoms. The molecule has 0 bridgehead atoms. The highest BCUT2D eigenvalue weighted by atomic mass is 35.5. The first-order valence-electron chi connectivity index (χ1n) is 6.58. The number of aliphatic carboxylic acids is 1. The molecule has 1 aliphatic carbocycles. The molecule has 0 heterocycles. The van der Waals surface area contributed by atoms with Crippen LogP contribution in [0.3, 0.4) is 0 Å². The maximum absolute atomic E-state index is 13.2. The summed E-state index contributed by atoms with van der Waals surface area (Å²) in [5.74, 6) is -1.49. The fourth-order valence-electron chi connectivity index (χ4n) is 2.61. The zero-order valence-electron chi connectivity index (χ0n) is 11.5. The lowest BCUT2D eigenvalue weighted by Gasteiger charge is -2.27. The van der Waals surface area contributed by atoms with Gasteiger partial charge < -0.3 is 15.7 Å². The summed E-state index contributed by atoms with van der Waals surface area (Å²) in [5, 5.41) is 14.5. The number of amides is 2. The number of benzene rings is 1. The summed E-state index contributed by atoms with van der Waals surface area (Å²) in [6.07, 6.45) is 1.85. The first-order valence-corrected chi connectivity index (χ1v) is 6.96. The van der Waals surface area contributed by atoms with Crippen molar-refractivity contribution in [3.8, 4) is 0 Å². The van der Waals surface area contributed by atoms with Gasteiger partial charge in [-0.1, -0.05) is 18.0 Å². The first-order chi connectivity index (χ1) is 9.81. The Balaban J connectivity index is 2.03. The third kappa shape index (κ3) is 3.44. The number of carboxylic acid groups (broad SMARTS) is 1. The standard InChI is InChI=1S/C14H16ClFN2O3/c1-14(12(19)20)4-2-3-11(14)18-13(21)17-10-6-8(15)5-9(16)7-10/h5-7,11H,2-4H2,1H3,(H,19,20)(H2,17,18,21). The normalized spacial score (nSPS) is 24.6. The molecule has 0 spiro atoms. The van der Waals surface area contributed by atoms with Gasteiger partial charge in [0.15, 0.2) is 0 Å². The lowest BCUT2D eigenvalue weighted by atomic mass is 9.85. The van der Waals surface area contributed by atoms with Crippen LogP contribution in [-0.2, 0) is 4.79 Å². The molecule has 5 nitrogen and oxygen atoms in total. The highest BCUT2D eigenvalue weighted by molar-refractivity contribution is 6.30. The van der Waals surface area contributed by atoms with Crippen LogP contribution in [0.4, 0.5) is 14.9 Å². The molecule has 2 unspecified atom stereocenters. The van der Waals surface area contributed by atoms with Gasteiger partial charge >= 0.3 is 12.0 Å². The van der Waals surface area contributed by atoms with Crippen LogP contribution in [0.25, 0.3) is 0 Å². The minimum atomic E-state index is -0.975. The number of anilines is 1. The van der Waals surface area contributed by atoms with Crippen molar-refractivity contribution in [2.45, 2.75) is 32.2 Å². The average molecular weight is 315 g/mol. The van der Waals surface area contributed by atoms with E-state index in [-0.39, 0.29) is 10.7 Å². The van der Waals surface area contributed by atoms with E-state index in [1.165, 1.54) is 6.07 Å². The predicted octanol–water partition coefficient (Wildman–Crippen LogP) is 3.24. The topological polar surface area (TPSA) is 78.4 Å². The van der Waals surface area contributed by atoms with Crippen LogP contribution in [0.15, 0.2) is 18.2 Å². The summed E-state index contributed by atoms with van der Waals surface area (Å²) in [7, 11) is 0. The number of hydrogen-bond acceptors (Lipinski definition) is 2. The quantitative estimate of drug-likeness (QED) is 0.801. The van der Waals surface area contributed by atoms with E-state index in [0.29, 0.717) is 12.8 Å². The fourth-order valence-corrected chi connectivity index (χ4v) is 2.83. The predicted molar refractivity (Wildman–Crippen MR) is 76.9 cm³/mol. The molecule has 3 N–H and O–H groups in total. The van der Waals surface area contributed by atoms with Gasteiger partial charge in [-0.3, -0.25) is 4.79 Å². The number of carboxylic acids is 1. The molecule has 1 saturated carbocycles. The number of carbonyl (C=O) groups excluding carboxylic acids is 1. The van der Waals surface area contributed by atoms with Gasteiger partial charge in [-0.15, -0.1) is 0 Å². The molecule has 0 aliphatic heterocycles. The Morgan fingerprint density at radius 3 is 2.76 bits per heavy atom. The molecular formula is C14H16ClFN2O3. The summed E-state index contributed by atoms with van der Waals surface area (Å²) < 4.78 is 13.2. The number of hydrogen-bond donors (Lipinski definition) is 3. The van der Waals surface area contributed by atoms with Crippen molar-refractivity contribution < 1.29 is 19.1 Å². The number of urea groups is 1. The third-order valence-corrected chi connectivity index (χ3v) is 4.09. The van der Waals surface area contributed by atoms with Gasteiger partial charge in [0.2, 0.25) is 0 Å². The molecule has 114 valence electrons. The van der Waals surface area contributed by atoms with Gasteiger partial charge in [0, 0.05) is 16.8 Å². The molecule has 2 rings (SSSR count). The second kappa shape index (κ2) is 5.89. The molecule has 1 aromatic carbocycles. The van der Waals surface area contributed by atoms with Crippen molar-refractivity contribution >= 4 is 29.3 Å². The van der Waals surface area contributed by atoms with Gasteiger partial charge in [-0.2, -0.15) is 0 Å². The van der Waals surface area contributed by atoms with Crippen molar-refractivity contribution in [1.82, 2.24) is 5.32 Å². The maximum Gasteiger partial charge on any atom is 0.319 e. The molecule has 2 atom stereocenters. The number of carbonyl (C=O) groups is 2. The van der Waals surface area contributed by atoms with Gasteiger partial charge in [-0.05, 0) is 38.0 Å². The number of rotatable bonds is 3. The molecular weight excluding hydrogens is 299 g/mol. The molecule has 0 radical (unpaired) electrons. The van der Waals surface area contributed by atoms with Crippen molar-refractivity contribution in [2.24, 2.45) is 5.41 Å². The van der Waals surface area contributed by atoms with Crippen molar-refractivity contribution in [1.29, 1.82) is 0 Å². The van der Waals surface area contributed by atoms with E-state index in [9.17, 15) is 19.1 Å². The molecule has 2 amide bonds. The zero-order chi connectivity index (χ0) is 15.6. The van der Waals surface area contributed by atoms with Crippen LogP contribution in [-0.4, -0.2) is 23.1 Å². The van der Waals surface area contributed by atoms with Crippen LogP contribution in [0.5, 0.6) is 0 Å². The molecule has 1 fully saturated rings. The van der Waals surface area contributed by atoms with E-state index in [0.717, 1.165) is 18.6 Å². The summed E-state index contributed by atoms with van der Waals surface area (Å²) >= 11 is 5.70. The molecule has 1 aromatic rings. The maximum atomic E-state index is 13.2. The van der Waals surface area contributed by atoms with Crippen LogP contribution in [0, 0.1) is 11.2 Å². The zero-order valence-corrected chi connectivity index (χ0v) is 12.2. The Morgan fingerprint density at radius 1 is 1.43 bits per heavy atom. The SMILES string of the molecule is CC1(C(=O)O)CCCC1NC(=O)Nc1cc(F)cc(Cl)c1. The van der Waals surface area contributed by atoms with Crippen molar-refractivity contribution in [2.75, 3.05) is 5.32 Å². The van der Waals surface area contributed by atoms with Crippen LogP contribution >= 0.6 is 11.6 Å². The Hall–Kier alpha value is -1.82. The van der Waals surface area contributed by atoms with E-state index in [1.807, 2.05) is 0 Å². The second-order valence-electron chi connectivity index (χ2n) is 5.42. The summed E-state index contributed by atoms with van der Waals surface area (Å²) in [4.78, 5) is 23.2. The van der Waals surface area contributed by atoms with Crippen molar-refractivity contribution in [3.05, 3.63) is 29.0 Å². The average Bonchev–Trinajstić information content (AvgIpc) is 2.70. The Kier molecular flexibility index (Phi) is 4.37.